The first-order chi connectivity index (χ1) is 7.88. The van der Waals surface area contributed by atoms with Crippen molar-refractivity contribution in [1.82, 2.24) is 4.90 Å². The summed E-state index contributed by atoms with van der Waals surface area (Å²) in [6.45, 7) is 3.23. The van der Waals surface area contributed by atoms with Crippen molar-refractivity contribution in [1.29, 1.82) is 0 Å². The smallest absolute Gasteiger partial charge is 0.393 e. The number of likely N-dealkylation sites (tertiary alicyclic amines) is 1. The van der Waals surface area contributed by atoms with Gasteiger partial charge in [-0.2, -0.15) is 13.2 Å². The Morgan fingerprint density at radius 1 is 1.47 bits per heavy atom. The summed E-state index contributed by atoms with van der Waals surface area (Å²) < 4.78 is 39.8. The van der Waals surface area contributed by atoms with E-state index < -0.39 is 12.8 Å². The zero-order chi connectivity index (χ0) is 12.9. The Kier molecular flexibility index (Phi) is 5.69. The van der Waals surface area contributed by atoms with Gasteiger partial charge in [0.05, 0.1) is 6.10 Å². The van der Waals surface area contributed by atoms with Crippen molar-refractivity contribution in [2.24, 2.45) is 5.92 Å². The molecule has 1 rings (SSSR count). The molecule has 17 heavy (non-hydrogen) atoms. The van der Waals surface area contributed by atoms with Crippen molar-refractivity contribution in [2.45, 2.75) is 32.0 Å². The molecule has 0 saturated carbocycles. The summed E-state index contributed by atoms with van der Waals surface area (Å²) >= 11 is 0. The summed E-state index contributed by atoms with van der Waals surface area (Å²) in [5.74, 6) is 0.297. The lowest BCUT2D eigenvalue weighted by atomic mass is 10.0. The summed E-state index contributed by atoms with van der Waals surface area (Å²) in [6, 6.07) is 0. The van der Waals surface area contributed by atoms with E-state index in [1.807, 2.05) is 0 Å². The van der Waals surface area contributed by atoms with Crippen molar-refractivity contribution in [3.05, 3.63) is 0 Å². The second-order valence-corrected chi connectivity index (χ2v) is 4.61. The quantitative estimate of drug-likeness (QED) is 0.733. The second-order valence-electron chi connectivity index (χ2n) is 4.61. The fourth-order valence-corrected chi connectivity index (χ4v) is 2.04. The zero-order valence-electron chi connectivity index (χ0n) is 10.0. The first-order valence-corrected chi connectivity index (χ1v) is 5.93. The van der Waals surface area contributed by atoms with Gasteiger partial charge in [0.25, 0.3) is 0 Å². The van der Waals surface area contributed by atoms with Crippen LogP contribution in [0, 0.1) is 5.92 Å². The lowest BCUT2D eigenvalue weighted by molar-refractivity contribution is -0.174. The molecule has 0 aromatic carbocycles. The van der Waals surface area contributed by atoms with Gasteiger partial charge in [-0.25, -0.2) is 0 Å². The van der Waals surface area contributed by atoms with Crippen molar-refractivity contribution < 1.29 is 23.0 Å². The maximum Gasteiger partial charge on any atom is 0.411 e. The van der Waals surface area contributed by atoms with Crippen LogP contribution in [0.2, 0.25) is 0 Å². The van der Waals surface area contributed by atoms with Crippen LogP contribution < -0.4 is 0 Å². The molecule has 1 N–H and O–H groups in total. The Labute approximate surface area is 99.5 Å². The fourth-order valence-electron chi connectivity index (χ4n) is 2.04. The number of hydrogen-bond acceptors (Lipinski definition) is 3. The van der Waals surface area contributed by atoms with Gasteiger partial charge in [0.1, 0.15) is 6.61 Å². The summed E-state index contributed by atoms with van der Waals surface area (Å²) in [7, 11) is 0. The van der Waals surface area contributed by atoms with E-state index in [1.54, 1.807) is 6.92 Å². The second kappa shape index (κ2) is 6.56. The van der Waals surface area contributed by atoms with Crippen molar-refractivity contribution in [3.63, 3.8) is 0 Å². The van der Waals surface area contributed by atoms with Crippen LogP contribution in [0.1, 0.15) is 19.8 Å². The van der Waals surface area contributed by atoms with E-state index in [4.69, 9.17) is 0 Å². The molecule has 2 unspecified atom stereocenters. The summed E-state index contributed by atoms with van der Waals surface area (Å²) in [5.41, 5.74) is 0. The van der Waals surface area contributed by atoms with Crippen LogP contribution in [-0.2, 0) is 4.74 Å². The third-order valence-electron chi connectivity index (χ3n) is 3.02. The minimum atomic E-state index is -4.23. The maximum atomic E-state index is 11.8. The topological polar surface area (TPSA) is 32.7 Å². The Balaban J connectivity index is 2.01. The van der Waals surface area contributed by atoms with E-state index in [-0.39, 0.29) is 12.7 Å². The molecule has 6 heteroatoms. The highest BCUT2D eigenvalue weighted by atomic mass is 19.4. The first-order valence-electron chi connectivity index (χ1n) is 5.93. The van der Waals surface area contributed by atoms with Gasteiger partial charge in [0, 0.05) is 19.7 Å². The van der Waals surface area contributed by atoms with Crippen molar-refractivity contribution >= 4 is 0 Å². The van der Waals surface area contributed by atoms with Crippen LogP contribution in [0.15, 0.2) is 0 Å². The van der Waals surface area contributed by atoms with Crippen molar-refractivity contribution in [3.8, 4) is 0 Å². The van der Waals surface area contributed by atoms with Crippen LogP contribution in [0.5, 0.6) is 0 Å². The molecule has 0 bridgehead atoms. The lowest BCUT2D eigenvalue weighted by Gasteiger charge is -2.17. The van der Waals surface area contributed by atoms with Gasteiger partial charge in [-0.3, -0.25) is 0 Å². The van der Waals surface area contributed by atoms with E-state index in [1.165, 1.54) is 0 Å². The number of halogens is 3. The summed E-state index contributed by atoms with van der Waals surface area (Å²) in [6.07, 6.45) is -2.98. The third kappa shape index (κ3) is 6.24. The molecular weight excluding hydrogens is 235 g/mol. The van der Waals surface area contributed by atoms with Crippen LogP contribution >= 0.6 is 0 Å². The Bertz CT molecular complexity index is 221. The number of nitrogens with zero attached hydrogens (tertiary/aromatic N) is 1. The Morgan fingerprint density at radius 2 is 2.18 bits per heavy atom. The molecular formula is C11H20F3NO2. The van der Waals surface area contributed by atoms with E-state index in [9.17, 15) is 18.3 Å². The van der Waals surface area contributed by atoms with Gasteiger partial charge in [0.15, 0.2) is 0 Å². The predicted molar refractivity (Wildman–Crippen MR) is 57.7 cm³/mol. The van der Waals surface area contributed by atoms with Gasteiger partial charge in [-0.05, 0) is 32.2 Å². The van der Waals surface area contributed by atoms with Crippen LogP contribution in [0.4, 0.5) is 13.2 Å². The normalized spacial score (nSPS) is 24.2. The molecule has 0 aliphatic carbocycles. The van der Waals surface area contributed by atoms with E-state index in [0.717, 1.165) is 26.1 Å². The standard InChI is InChI=1S/C11H20F3NO2/c1-9(16)10-3-5-15(7-10)4-2-6-17-8-11(12,13)14/h9-10,16H,2-8H2,1H3. The minimum Gasteiger partial charge on any atom is -0.393 e. The largest absolute Gasteiger partial charge is 0.411 e. The average molecular weight is 255 g/mol. The van der Waals surface area contributed by atoms with E-state index >= 15 is 0 Å². The summed E-state index contributed by atoms with van der Waals surface area (Å²) in [4.78, 5) is 2.16. The van der Waals surface area contributed by atoms with E-state index in [0.29, 0.717) is 12.3 Å². The average Bonchev–Trinajstić information content (AvgIpc) is 2.64. The fraction of sp³-hybridized carbons (Fsp3) is 1.00. The van der Waals surface area contributed by atoms with Crippen LogP contribution in [0.3, 0.4) is 0 Å². The monoisotopic (exact) mass is 255 g/mol. The van der Waals surface area contributed by atoms with Crippen LogP contribution in [-0.4, -0.2) is 55.1 Å². The molecule has 2 atom stereocenters. The number of aliphatic hydroxyl groups is 1. The summed E-state index contributed by atoms with van der Waals surface area (Å²) in [5, 5.41) is 9.39. The van der Waals surface area contributed by atoms with Gasteiger partial charge in [-0.1, -0.05) is 0 Å². The zero-order valence-corrected chi connectivity index (χ0v) is 10.0. The SMILES string of the molecule is CC(O)C1CCN(CCCOCC(F)(F)F)C1. The third-order valence-corrected chi connectivity index (χ3v) is 3.02. The van der Waals surface area contributed by atoms with Crippen molar-refractivity contribution in [2.75, 3.05) is 32.8 Å². The highest BCUT2D eigenvalue weighted by Gasteiger charge is 2.28. The number of alkyl halides is 3. The van der Waals surface area contributed by atoms with Crippen LogP contribution in [0.25, 0.3) is 0 Å². The molecule has 1 aliphatic rings. The maximum absolute atomic E-state index is 11.8. The molecule has 1 fully saturated rings. The predicted octanol–water partition coefficient (Wildman–Crippen LogP) is 1.66. The Morgan fingerprint density at radius 3 is 2.71 bits per heavy atom. The highest BCUT2D eigenvalue weighted by Crippen LogP contribution is 2.19. The van der Waals surface area contributed by atoms with Gasteiger partial charge >= 0.3 is 6.18 Å². The molecule has 1 heterocycles. The molecule has 3 nitrogen and oxygen atoms in total. The van der Waals surface area contributed by atoms with Gasteiger partial charge < -0.3 is 14.7 Å². The molecule has 0 aromatic rings. The number of aliphatic hydroxyl groups excluding tert-OH is 1. The van der Waals surface area contributed by atoms with Gasteiger partial charge in [-0.15, -0.1) is 0 Å². The van der Waals surface area contributed by atoms with E-state index in [2.05, 4.69) is 9.64 Å². The molecule has 0 aromatic heterocycles. The van der Waals surface area contributed by atoms with Gasteiger partial charge in [0.2, 0.25) is 0 Å². The molecule has 1 aliphatic heterocycles. The molecule has 0 spiro atoms. The highest BCUT2D eigenvalue weighted by molar-refractivity contribution is 4.78. The Hall–Kier alpha value is -0.330. The minimum absolute atomic E-state index is 0.134. The first kappa shape index (κ1) is 14.7. The molecule has 0 radical (unpaired) electrons. The number of hydrogen-bond donors (Lipinski definition) is 1. The molecule has 0 amide bonds. The number of ether oxygens (including phenoxy) is 1. The lowest BCUT2D eigenvalue weighted by Crippen LogP contribution is -2.26. The molecule has 1 saturated heterocycles. The molecule has 102 valence electrons. The number of rotatable bonds is 6.